The zero-order chi connectivity index (χ0) is 18.4. The van der Waals surface area contributed by atoms with Crippen molar-refractivity contribution in [1.82, 2.24) is 15.2 Å². The highest BCUT2D eigenvalue weighted by Crippen LogP contribution is 2.18. The zero-order valence-electron chi connectivity index (χ0n) is 14.5. The van der Waals surface area contributed by atoms with Crippen LogP contribution in [0.5, 0.6) is 0 Å². The van der Waals surface area contributed by atoms with E-state index in [0.717, 1.165) is 18.4 Å². The molecule has 1 aliphatic heterocycles. The number of rotatable bonds is 5. The van der Waals surface area contributed by atoms with Crippen LogP contribution < -0.4 is 5.32 Å². The molecule has 1 N–H and O–H groups in total. The topological polar surface area (TPSA) is 62.3 Å². The van der Waals surface area contributed by atoms with E-state index in [4.69, 9.17) is 0 Å². The molecule has 1 aromatic heterocycles. The van der Waals surface area contributed by atoms with Crippen molar-refractivity contribution >= 4 is 11.8 Å². The number of benzene rings is 1. The fourth-order valence-electron chi connectivity index (χ4n) is 3.12. The van der Waals surface area contributed by atoms with Crippen LogP contribution in [0.3, 0.4) is 0 Å². The van der Waals surface area contributed by atoms with Crippen molar-refractivity contribution in [1.29, 1.82) is 0 Å². The Kier molecular flexibility index (Phi) is 5.94. The van der Waals surface area contributed by atoms with Gasteiger partial charge in [0.2, 0.25) is 5.91 Å². The van der Waals surface area contributed by atoms with E-state index < -0.39 is 0 Å². The summed E-state index contributed by atoms with van der Waals surface area (Å²) >= 11 is 0. The molecule has 0 radical (unpaired) electrons. The van der Waals surface area contributed by atoms with Crippen LogP contribution in [0, 0.1) is 11.7 Å². The van der Waals surface area contributed by atoms with Crippen molar-refractivity contribution in [2.24, 2.45) is 5.92 Å². The van der Waals surface area contributed by atoms with Gasteiger partial charge < -0.3 is 10.2 Å². The zero-order valence-corrected chi connectivity index (χ0v) is 14.5. The van der Waals surface area contributed by atoms with E-state index in [9.17, 15) is 14.0 Å². The lowest BCUT2D eigenvalue weighted by Crippen LogP contribution is -2.41. The van der Waals surface area contributed by atoms with Gasteiger partial charge in [-0.3, -0.25) is 14.6 Å². The van der Waals surface area contributed by atoms with Crippen LogP contribution in [0.2, 0.25) is 0 Å². The van der Waals surface area contributed by atoms with Crippen molar-refractivity contribution in [2.45, 2.75) is 19.3 Å². The number of piperidine rings is 1. The van der Waals surface area contributed by atoms with Crippen LogP contribution in [-0.2, 0) is 11.2 Å². The summed E-state index contributed by atoms with van der Waals surface area (Å²) in [7, 11) is 0. The molecule has 2 heterocycles. The second-order valence-corrected chi connectivity index (χ2v) is 6.58. The summed E-state index contributed by atoms with van der Waals surface area (Å²) in [5.41, 5.74) is 1.40. The van der Waals surface area contributed by atoms with Crippen molar-refractivity contribution in [2.75, 3.05) is 19.6 Å². The van der Waals surface area contributed by atoms with Crippen LogP contribution in [0.4, 0.5) is 4.39 Å². The SMILES string of the molecule is O=C(Cc1ccc(F)cc1)NCC1CCN(C(=O)c2cccnc2)CC1. The first-order valence-electron chi connectivity index (χ1n) is 8.82. The number of hydrogen-bond donors (Lipinski definition) is 1. The largest absolute Gasteiger partial charge is 0.356 e. The van der Waals surface area contributed by atoms with E-state index in [1.165, 1.54) is 12.1 Å². The lowest BCUT2D eigenvalue weighted by Gasteiger charge is -2.32. The van der Waals surface area contributed by atoms with Gasteiger partial charge in [0.1, 0.15) is 5.82 Å². The Morgan fingerprint density at radius 3 is 2.54 bits per heavy atom. The monoisotopic (exact) mass is 355 g/mol. The van der Waals surface area contributed by atoms with E-state index in [1.54, 1.807) is 36.7 Å². The molecule has 0 spiro atoms. The number of carbonyl (C=O) groups excluding carboxylic acids is 2. The standard InChI is InChI=1S/C20H22FN3O2/c21-18-5-3-15(4-6-18)12-19(25)23-13-16-7-10-24(11-8-16)20(26)17-2-1-9-22-14-17/h1-6,9,14,16H,7-8,10-13H2,(H,23,25). The molecular weight excluding hydrogens is 333 g/mol. The molecule has 1 saturated heterocycles. The van der Waals surface area contributed by atoms with Gasteiger partial charge in [-0.2, -0.15) is 0 Å². The number of aromatic nitrogens is 1. The maximum Gasteiger partial charge on any atom is 0.255 e. The van der Waals surface area contributed by atoms with Crippen LogP contribution >= 0.6 is 0 Å². The predicted octanol–water partition coefficient (Wildman–Crippen LogP) is 2.43. The van der Waals surface area contributed by atoms with Crippen molar-refractivity contribution in [3.05, 3.63) is 65.7 Å². The van der Waals surface area contributed by atoms with Gasteiger partial charge in [-0.05, 0) is 48.6 Å². The maximum atomic E-state index is 12.9. The highest BCUT2D eigenvalue weighted by Gasteiger charge is 2.24. The van der Waals surface area contributed by atoms with Gasteiger partial charge in [0.05, 0.1) is 12.0 Å². The smallest absolute Gasteiger partial charge is 0.255 e. The average molecular weight is 355 g/mol. The number of nitrogens with one attached hydrogen (secondary N) is 1. The first-order valence-corrected chi connectivity index (χ1v) is 8.82. The van der Waals surface area contributed by atoms with Crippen LogP contribution in [0.25, 0.3) is 0 Å². The van der Waals surface area contributed by atoms with E-state index in [1.807, 2.05) is 4.90 Å². The lowest BCUT2D eigenvalue weighted by atomic mass is 9.96. The Morgan fingerprint density at radius 2 is 1.88 bits per heavy atom. The summed E-state index contributed by atoms with van der Waals surface area (Å²) in [6, 6.07) is 9.50. The molecule has 0 bridgehead atoms. The van der Waals surface area contributed by atoms with E-state index in [0.29, 0.717) is 31.1 Å². The summed E-state index contributed by atoms with van der Waals surface area (Å²) in [4.78, 5) is 30.2. The third-order valence-corrected chi connectivity index (χ3v) is 4.68. The summed E-state index contributed by atoms with van der Waals surface area (Å²) in [5, 5.41) is 2.95. The van der Waals surface area contributed by atoms with Gasteiger partial charge in [0.15, 0.2) is 0 Å². The van der Waals surface area contributed by atoms with Gasteiger partial charge in [-0.1, -0.05) is 12.1 Å². The van der Waals surface area contributed by atoms with Crippen LogP contribution in [0.1, 0.15) is 28.8 Å². The minimum atomic E-state index is -0.304. The quantitative estimate of drug-likeness (QED) is 0.896. The summed E-state index contributed by atoms with van der Waals surface area (Å²) in [6.07, 6.45) is 5.21. The molecule has 0 aliphatic carbocycles. The van der Waals surface area contributed by atoms with Gasteiger partial charge in [0.25, 0.3) is 5.91 Å². The molecule has 2 amide bonds. The second-order valence-electron chi connectivity index (χ2n) is 6.58. The number of carbonyl (C=O) groups is 2. The molecule has 1 fully saturated rings. The third kappa shape index (κ3) is 4.88. The number of pyridine rings is 1. The molecule has 0 atom stereocenters. The molecule has 5 nitrogen and oxygen atoms in total. The van der Waals surface area contributed by atoms with Gasteiger partial charge >= 0.3 is 0 Å². The molecule has 3 rings (SSSR count). The van der Waals surface area contributed by atoms with Gasteiger partial charge in [-0.15, -0.1) is 0 Å². The third-order valence-electron chi connectivity index (χ3n) is 4.68. The first kappa shape index (κ1) is 18.0. The number of halogens is 1. The molecule has 1 aliphatic rings. The van der Waals surface area contributed by atoms with Gasteiger partial charge in [0, 0.05) is 32.0 Å². The van der Waals surface area contributed by atoms with Crippen LogP contribution in [0.15, 0.2) is 48.8 Å². The Bertz CT molecular complexity index is 741. The Balaban J connectivity index is 1.40. The average Bonchev–Trinajstić information content (AvgIpc) is 2.69. The van der Waals surface area contributed by atoms with Crippen LogP contribution in [-0.4, -0.2) is 41.3 Å². The van der Waals surface area contributed by atoms with E-state index in [2.05, 4.69) is 10.3 Å². The fraction of sp³-hybridized carbons (Fsp3) is 0.350. The minimum absolute atomic E-state index is 0.0110. The van der Waals surface area contributed by atoms with Crippen molar-refractivity contribution in [3.8, 4) is 0 Å². The van der Waals surface area contributed by atoms with Gasteiger partial charge in [-0.25, -0.2) is 4.39 Å². The molecule has 0 saturated carbocycles. The summed E-state index contributed by atoms with van der Waals surface area (Å²) in [5.74, 6) is 0.00855. The second kappa shape index (κ2) is 8.56. The van der Waals surface area contributed by atoms with Crippen molar-refractivity contribution in [3.63, 3.8) is 0 Å². The Labute approximate surface area is 152 Å². The maximum absolute atomic E-state index is 12.9. The molecular formula is C20H22FN3O2. The Morgan fingerprint density at radius 1 is 1.15 bits per heavy atom. The number of amides is 2. The predicted molar refractivity (Wildman–Crippen MR) is 96.0 cm³/mol. The first-order chi connectivity index (χ1) is 12.6. The van der Waals surface area contributed by atoms with Crippen molar-refractivity contribution < 1.29 is 14.0 Å². The molecule has 1 aromatic carbocycles. The summed E-state index contributed by atoms with van der Waals surface area (Å²) in [6.45, 7) is 1.98. The number of nitrogens with zero attached hydrogens (tertiary/aromatic N) is 2. The molecule has 136 valence electrons. The fourth-order valence-corrected chi connectivity index (χ4v) is 3.12. The highest BCUT2D eigenvalue weighted by atomic mass is 19.1. The lowest BCUT2D eigenvalue weighted by molar-refractivity contribution is -0.120. The molecule has 26 heavy (non-hydrogen) atoms. The molecule has 2 aromatic rings. The highest BCUT2D eigenvalue weighted by molar-refractivity contribution is 5.93. The van der Waals surface area contributed by atoms with E-state index >= 15 is 0 Å². The molecule has 6 heteroatoms. The Hall–Kier alpha value is -2.76. The number of likely N-dealkylation sites (tertiary alicyclic amines) is 1. The van der Waals surface area contributed by atoms with E-state index in [-0.39, 0.29) is 24.1 Å². The summed E-state index contributed by atoms with van der Waals surface area (Å²) < 4.78 is 12.9. The minimum Gasteiger partial charge on any atom is -0.356 e. The molecule has 0 unspecified atom stereocenters. The number of hydrogen-bond acceptors (Lipinski definition) is 3. The normalized spacial score (nSPS) is 14.9.